The third-order valence-electron chi connectivity index (χ3n) is 9.59. The van der Waals surface area contributed by atoms with E-state index in [-0.39, 0.29) is 24.1 Å². The monoisotopic (exact) mass is 475 g/mol. The van der Waals surface area contributed by atoms with Gasteiger partial charge in [0, 0.05) is 36.8 Å². The van der Waals surface area contributed by atoms with Crippen LogP contribution in [0.3, 0.4) is 0 Å². The third-order valence-corrected chi connectivity index (χ3v) is 9.59. The van der Waals surface area contributed by atoms with Gasteiger partial charge in [0.05, 0.1) is 35.3 Å². The van der Waals surface area contributed by atoms with Gasteiger partial charge in [-0.1, -0.05) is 6.07 Å². The Morgan fingerprint density at radius 2 is 2.14 bits per heavy atom. The number of piperidine rings is 1. The number of aliphatic hydroxyl groups is 1. The summed E-state index contributed by atoms with van der Waals surface area (Å²) in [5.74, 6) is 1.43. The molecule has 7 nitrogen and oxygen atoms in total. The van der Waals surface area contributed by atoms with Gasteiger partial charge in [-0.15, -0.1) is 0 Å². The molecule has 1 saturated heterocycles. The summed E-state index contributed by atoms with van der Waals surface area (Å²) in [5, 5.41) is 12.6. The second kappa shape index (κ2) is 7.37. The van der Waals surface area contributed by atoms with Crippen LogP contribution in [0, 0.1) is 5.92 Å². The Morgan fingerprint density at radius 3 is 2.91 bits per heavy atom. The molecule has 1 spiro atoms. The van der Waals surface area contributed by atoms with Gasteiger partial charge in [-0.25, -0.2) is 0 Å². The van der Waals surface area contributed by atoms with Gasteiger partial charge in [0.15, 0.2) is 0 Å². The smallest absolute Gasteiger partial charge is 0.246 e. The fourth-order valence-electron chi connectivity index (χ4n) is 7.71. The van der Waals surface area contributed by atoms with Crippen molar-refractivity contribution in [3.8, 4) is 5.75 Å². The standard InChI is InChI=1S/C28H33N3O4/c1-30(23(32)7-4-18-9-13-34-16-18)21-8-10-28(33)22-14-19-5-6-20(29)25-24(19)27(28,26(21)35-25)11-12-31(22)15-17-2-3-17/h4-7,9,13,16-17,21-22,26,33H,2-3,8,10-12,14-15,29H2,1H3/b7-4+/t21-,22-,26+,27+,28-/m1/s1. The zero-order valence-electron chi connectivity index (χ0n) is 20.2. The highest BCUT2D eigenvalue weighted by Gasteiger charge is 2.73. The molecule has 1 aromatic heterocycles. The lowest BCUT2D eigenvalue weighted by atomic mass is 9.48. The summed E-state index contributed by atoms with van der Waals surface area (Å²) < 4.78 is 11.8. The van der Waals surface area contributed by atoms with Crippen LogP contribution in [0.4, 0.5) is 5.69 Å². The van der Waals surface area contributed by atoms with E-state index in [9.17, 15) is 9.90 Å². The summed E-state index contributed by atoms with van der Waals surface area (Å²) in [6.45, 7) is 2.02. The largest absolute Gasteiger partial charge is 0.485 e. The number of carbonyl (C=O) groups excluding carboxylic acids is 1. The van der Waals surface area contributed by atoms with Crippen LogP contribution >= 0.6 is 0 Å². The molecule has 7 rings (SSSR count). The number of rotatable bonds is 5. The fourth-order valence-corrected chi connectivity index (χ4v) is 7.71. The molecule has 7 heteroatoms. The van der Waals surface area contributed by atoms with Gasteiger partial charge in [-0.3, -0.25) is 9.69 Å². The van der Waals surface area contributed by atoms with Gasteiger partial charge < -0.3 is 24.9 Å². The third kappa shape index (κ3) is 2.88. The van der Waals surface area contributed by atoms with Gasteiger partial charge in [-0.2, -0.15) is 0 Å². The topological polar surface area (TPSA) is 92.2 Å². The zero-order valence-corrected chi connectivity index (χ0v) is 20.2. The predicted octanol–water partition coefficient (Wildman–Crippen LogP) is 2.97. The number of hydrogen-bond donors (Lipinski definition) is 2. The Bertz CT molecular complexity index is 1210. The molecule has 3 N–H and O–H groups in total. The van der Waals surface area contributed by atoms with Crippen molar-refractivity contribution in [1.29, 1.82) is 0 Å². The lowest BCUT2D eigenvalue weighted by Crippen LogP contribution is -2.78. The van der Waals surface area contributed by atoms with E-state index in [0.29, 0.717) is 18.5 Å². The minimum Gasteiger partial charge on any atom is -0.485 e. The molecule has 2 saturated carbocycles. The Labute approximate surface area is 205 Å². The van der Waals surface area contributed by atoms with Crippen LogP contribution in [-0.2, 0) is 16.6 Å². The zero-order chi connectivity index (χ0) is 23.9. The number of anilines is 1. The maximum atomic E-state index is 13.2. The number of hydrogen-bond acceptors (Lipinski definition) is 6. The first kappa shape index (κ1) is 21.5. The van der Waals surface area contributed by atoms with Crippen LogP contribution in [0.2, 0.25) is 0 Å². The Kier molecular flexibility index (Phi) is 4.53. The van der Waals surface area contributed by atoms with E-state index in [1.807, 2.05) is 19.2 Å². The molecule has 5 aliphatic rings. The number of likely N-dealkylation sites (N-methyl/N-ethyl adjacent to an activating group) is 1. The summed E-state index contributed by atoms with van der Waals surface area (Å²) >= 11 is 0. The number of carbonyl (C=O) groups is 1. The quantitative estimate of drug-likeness (QED) is 0.510. The van der Waals surface area contributed by atoms with Crippen molar-refractivity contribution < 1.29 is 19.1 Å². The number of benzene rings is 1. The van der Waals surface area contributed by atoms with Crippen LogP contribution in [-0.4, -0.2) is 64.7 Å². The summed E-state index contributed by atoms with van der Waals surface area (Å²) in [4.78, 5) is 17.6. The molecule has 3 heterocycles. The summed E-state index contributed by atoms with van der Waals surface area (Å²) in [7, 11) is 1.85. The number of nitrogens with two attached hydrogens (primary N) is 1. The number of nitrogens with zero attached hydrogens (tertiary/aromatic N) is 2. The van der Waals surface area contributed by atoms with Crippen molar-refractivity contribution in [2.45, 2.75) is 67.7 Å². The van der Waals surface area contributed by atoms with Crippen LogP contribution in [0.5, 0.6) is 5.75 Å². The van der Waals surface area contributed by atoms with Crippen LogP contribution < -0.4 is 10.5 Å². The maximum absolute atomic E-state index is 13.2. The first-order chi connectivity index (χ1) is 16.9. The van der Waals surface area contributed by atoms with Gasteiger partial charge in [0.1, 0.15) is 11.9 Å². The molecule has 5 atom stereocenters. The molecule has 1 amide bonds. The van der Waals surface area contributed by atoms with Crippen LogP contribution in [0.25, 0.3) is 6.08 Å². The number of likely N-dealkylation sites (tertiary alicyclic amines) is 1. The van der Waals surface area contributed by atoms with Gasteiger partial charge >= 0.3 is 0 Å². The van der Waals surface area contributed by atoms with Gasteiger partial charge in [-0.05, 0) is 74.8 Å². The van der Waals surface area contributed by atoms with Crippen molar-refractivity contribution in [2.24, 2.45) is 5.92 Å². The lowest BCUT2D eigenvalue weighted by molar-refractivity contribution is -0.200. The molecule has 2 aromatic rings. The molecule has 35 heavy (non-hydrogen) atoms. The van der Waals surface area contributed by atoms with Gasteiger partial charge in [0.2, 0.25) is 5.91 Å². The van der Waals surface area contributed by atoms with Crippen molar-refractivity contribution in [1.82, 2.24) is 9.80 Å². The van der Waals surface area contributed by atoms with E-state index in [4.69, 9.17) is 14.9 Å². The second-order valence-electron chi connectivity index (χ2n) is 11.3. The highest BCUT2D eigenvalue weighted by atomic mass is 16.5. The van der Waals surface area contributed by atoms with E-state index >= 15 is 0 Å². The predicted molar refractivity (Wildman–Crippen MR) is 132 cm³/mol. The number of nitrogen functional groups attached to an aromatic ring is 1. The molecule has 2 aliphatic heterocycles. The first-order valence-electron chi connectivity index (χ1n) is 12.9. The average Bonchev–Trinajstić information content (AvgIpc) is 3.36. The van der Waals surface area contributed by atoms with Crippen molar-refractivity contribution in [3.63, 3.8) is 0 Å². The lowest BCUT2D eigenvalue weighted by Gasteiger charge is -2.64. The second-order valence-corrected chi connectivity index (χ2v) is 11.3. The molecule has 3 aliphatic carbocycles. The molecule has 0 unspecified atom stereocenters. The molecule has 1 aromatic carbocycles. The first-order valence-corrected chi connectivity index (χ1v) is 12.9. The molecule has 184 valence electrons. The number of amides is 1. The number of ether oxygens (including phenoxy) is 1. The van der Waals surface area contributed by atoms with Crippen molar-refractivity contribution in [3.05, 3.63) is 53.5 Å². The fraction of sp³-hybridized carbons (Fsp3) is 0.536. The molecule has 0 radical (unpaired) electrons. The molecular formula is C28H33N3O4. The molecule has 2 bridgehead atoms. The van der Waals surface area contributed by atoms with Crippen LogP contribution in [0.15, 0.2) is 41.2 Å². The van der Waals surface area contributed by atoms with E-state index in [1.54, 1.807) is 29.6 Å². The summed E-state index contributed by atoms with van der Waals surface area (Å²) in [6, 6.07) is 5.84. The van der Waals surface area contributed by atoms with E-state index in [1.165, 1.54) is 18.4 Å². The Morgan fingerprint density at radius 1 is 1.29 bits per heavy atom. The number of furan rings is 1. The average molecular weight is 476 g/mol. The highest BCUT2D eigenvalue weighted by molar-refractivity contribution is 5.92. The summed E-state index contributed by atoms with van der Waals surface area (Å²) in [6.07, 6.45) is 11.9. The van der Waals surface area contributed by atoms with E-state index in [0.717, 1.165) is 48.7 Å². The maximum Gasteiger partial charge on any atom is 0.246 e. The molecule has 3 fully saturated rings. The van der Waals surface area contributed by atoms with Crippen molar-refractivity contribution >= 4 is 17.7 Å². The molecular weight excluding hydrogens is 442 g/mol. The summed E-state index contributed by atoms with van der Waals surface area (Å²) in [5.41, 5.74) is 8.86. The minimum atomic E-state index is -0.885. The SMILES string of the molecule is CN(C(=O)/C=C/c1ccoc1)[C@@H]1CC[C@@]2(O)[C@H]3Cc4ccc(N)c5c4[C@@]2(CCN3CC2CC2)[C@H]1O5. The normalized spacial score (nSPS) is 35.1. The minimum absolute atomic E-state index is 0.0768. The van der Waals surface area contributed by atoms with Gasteiger partial charge in [0.25, 0.3) is 0 Å². The highest BCUT2D eigenvalue weighted by Crippen LogP contribution is 2.65. The van der Waals surface area contributed by atoms with Crippen molar-refractivity contribution in [2.75, 3.05) is 25.9 Å². The van der Waals surface area contributed by atoms with E-state index < -0.39 is 11.0 Å². The Hall–Kier alpha value is -2.77. The van der Waals surface area contributed by atoms with E-state index in [2.05, 4.69) is 11.0 Å². The Balaban J connectivity index is 1.28. The van der Waals surface area contributed by atoms with Crippen LogP contribution in [0.1, 0.15) is 48.8 Å².